The number of thiophene rings is 1. The van der Waals surface area contributed by atoms with E-state index in [0.29, 0.717) is 18.7 Å². The molecule has 33 heavy (non-hydrogen) atoms. The minimum Gasteiger partial charge on any atom is -0.355 e. The summed E-state index contributed by atoms with van der Waals surface area (Å²) in [5.41, 5.74) is 2.13. The molecular weight excluding hydrogens is 436 g/mol. The van der Waals surface area contributed by atoms with Gasteiger partial charge < -0.3 is 10.6 Å². The third-order valence-electron chi connectivity index (χ3n) is 5.94. The van der Waals surface area contributed by atoms with Gasteiger partial charge in [0.15, 0.2) is 5.65 Å². The number of nitrogens with zero attached hydrogens (tertiary/aromatic N) is 4. The number of hydrogen-bond acceptors (Lipinski definition) is 6. The Morgan fingerprint density at radius 2 is 2.06 bits per heavy atom. The van der Waals surface area contributed by atoms with Gasteiger partial charge in [-0.1, -0.05) is 13.0 Å². The van der Waals surface area contributed by atoms with Crippen molar-refractivity contribution in [2.24, 2.45) is 0 Å². The molecule has 0 aliphatic carbocycles. The number of carbonyl (C=O) groups excluding carboxylic acids is 2. The summed E-state index contributed by atoms with van der Waals surface area (Å²) < 4.78 is 1.87. The van der Waals surface area contributed by atoms with Gasteiger partial charge in [0.2, 0.25) is 5.91 Å². The van der Waals surface area contributed by atoms with Gasteiger partial charge in [0.05, 0.1) is 34.3 Å². The first-order valence-electron chi connectivity index (χ1n) is 11.7. The van der Waals surface area contributed by atoms with Crippen LogP contribution in [0.3, 0.4) is 0 Å². The Kier molecular flexibility index (Phi) is 7.39. The summed E-state index contributed by atoms with van der Waals surface area (Å²) in [5.74, 6) is -0.0237. The quantitative estimate of drug-likeness (QED) is 0.528. The lowest BCUT2D eigenvalue weighted by molar-refractivity contribution is -0.122. The minimum absolute atomic E-state index is 0.0711. The van der Waals surface area contributed by atoms with Gasteiger partial charge in [-0.05, 0) is 50.6 Å². The van der Waals surface area contributed by atoms with Gasteiger partial charge in [-0.25, -0.2) is 9.67 Å². The van der Waals surface area contributed by atoms with E-state index < -0.39 is 0 Å². The Balaban J connectivity index is 1.48. The summed E-state index contributed by atoms with van der Waals surface area (Å²) in [6.07, 6.45) is 4.33. The fourth-order valence-electron chi connectivity index (χ4n) is 4.16. The second-order valence-electron chi connectivity index (χ2n) is 8.83. The molecule has 0 radical (unpaired) electrons. The number of aromatic nitrogens is 3. The van der Waals surface area contributed by atoms with Gasteiger partial charge in [0.25, 0.3) is 5.91 Å². The van der Waals surface area contributed by atoms with E-state index >= 15 is 0 Å². The number of pyridine rings is 1. The highest BCUT2D eigenvalue weighted by Gasteiger charge is 2.24. The fraction of sp³-hybridized carbons (Fsp3) is 0.500. The number of amides is 2. The van der Waals surface area contributed by atoms with Crippen LogP contribution < -0.4 is 10.6 Å². The average molecular weight is 469 g/mol. The molecule has 0 unspecified atom stereocenters. The molecule has 4 rings (SSSR count). The zero-order valence-electron chi connectivity index (χ0n) is 19.5. The number of piperidine rings is 1. The van der Waals surface area contributed by atoms with Crippen molar-refractivity contribution in [3.63, 3.8) is 0 Å². The molecule has 1 aliphatic heterocycles. The maximum atomic E-state index is 13.4. The van der Waals surface area contributed by atoms with Crippen LogP contribution in [0, 0.1) is 0 Å². The van der Waals surface area contributed by atoms with Crippen molar-refractivity contribution in [2.45, 2.75) is 52.1 Å². The summed E-state index contributed by atoms with van der Waals surface area (Å²) in [7, 11) is 0. The van der Waals surface area contributed by atoms with Gasteiger partial charge >= 0.3 is 0 Å². The number of likely N-dealkylation sites (tertiary alicyclic amines) is 1. The molecule has 1 saturated heterocycles. The van der Waals surface area contributed by atoms with Crippen LogP contribution in [0.15, 0.2) is 29.8 Å². The van der Waals surface area contributed by atoms with Gasteiger partial charge in [0.1, 0.15) is 0 Å². The first-order chi connectivity index (χ1) is 16.0. The molecule has 9 heteroatoms. The van der Waals surface area contributed by atoms with E-state index in [-0.39, 0.29) is 23.9 Å². The third kappa shape index (κ3) is 5.42. The third-order valence-corrected chi connectivity index (χ3v) is 6.83. The second-order valence-corrected chi connectivity index (χ2v) is 9.77. The molecular formula is C24H32N6O2S. The van der Waals surface area contributed by atoms with Crippen molar-refractivity contribution in [3.8, 4) is 10.6 Å². The largest absolute Gasteiger partial charge is 0.355 e. The second kappa shape index (κ2) is 10.4. The molecule has 8 nitrogen and oxygen atoms in total. The van der Waals surface area contributed by atoms with Gasteiger partial charge in [0, 0.05) is 31.7 Å². The van der Waals surface area contributed by atoms with Crippen molar-refractivity contribution in [1.82, 2.24) is 30.3 Å². The Morgan fingerprint density at radius 3 is 2.73 bits per heavy atom. The van der Waals surface area contributed by atoms with Crippen LogP contribution in [0.1, 0.15) is 56.4 Å². The monoisotopic (exact) mass is 468 g/mol. The first-order valence-corrected chi connectivity index (χ1v) is 12.6. The number of carbonyl (C=O) groups is 2. The van der Waals surface area contributed by atoms with E-state index in [1.807, 2.05) is 35.2 Å². The number of fused-ring (bicyclic) bond motifs is 1. The molecule has 1 aliphatic rings. The van der Waals surface area contributed by atoms with Crippen LogP contribution in [0.5, 0.6) is 0 Å². The lowest BCUT2D eigenvalue weighted by Crippen LogP contribution is -2.47. The number of nitrogens with one attached hydrogen (secondary N) is 2. The fourth-order valence-corrected chi connectivity index (χ4v) is 4.84. The SMILES string of the molecule is CCCNC(=O)CN1CCC(NC(=O)c2cc(-c3cccs3)nc3c2cnn3C(C)C)CC1. The van der Waals surface area contributed by atoms with Crippen LogP contribution in [0.2, 0.25) is 0 Å². The standard InChI is InChI=1S/C24H32N6O2S/c1-4-9-25-22(31)15-29-10-7-17(8-11-29)27-24(32)18-13-20(21-6-5-12-33-21)28-23-19(18)14-26-30(23)16(2)3/h5-6,12-14,16-17H,4,7-11,15H2,1-3H3,(H,25,31)(H,27,32). The zero-order chi connectivity index (χ0) is 23.4. The maximum Gasteiger partial charge on any atom is 0.252 e. The van der Waals surface area contributed by atoms with Crippen molar-refractivity contribution in [3.05, 3.63) is 35.3 Å². The molecule has 0 bridgehead atoms. The van der Waals surface area contributed by atoms with E-state index in [2.05, 4.69) is 34.5 Å². The number of rotatable bonds is 8. The molecule has 0 aromatic carbocycles. The Labute approximate surface area is 198 Å². The minimum atomic E-state index is -0.0948. The summed E-state index contributed by atoms with van der Waals surface area (Å²) in [6.45, 7) is 8.88. The topological polar surface area (TPSA) is 92.2 Å². The van der Waals surface area contributed by atoms with E-state index in [0.717, 1.165) is 54.0 Å². The van der Waals surface area contributed by atoms with Crippen molar-refractivity contribution >= 4 is 34.2 Å². The van der Waals surface area contributed by atoms with Gasteiger partial charge in [-0.2, -0.15) is 5.10 Å². The normalized spacial score (nSPS) is 15.3. The van der Waals surface area contributed by atoms with Gasteiger partial charge in [-0.15, -0.1) is 11.3 Å². The molecule has 3 aromatic heterocycles. The highest BCUT2D eigenvalue weighted by Crippen LogP contribution is 2.29. The predicted octanol–water partition coefficient (Wildman–Crippen LogP) is 3.46. The lowest BCUT2D eigenvalue weighted by Gasteiger charge is -2.31. The van der Waals surface area contributed by atoms with Crippen LogP contribution in [-0.4, -0.2) is 63.7 Å². The van der Waals surface area contributed by atoms with Crippen molar-refractivity contribution in [1.29, 1.82) is 0 Å². The van der Waals surface area contributed by atoms with E-state index in [1.165, 1.54) is 0 Å². The van der Waals surface area contributed by atoms with Crippen LogP contribution in [0.4, 0.5) is 0 Å². The predicted molar refractivity (Wildman–Crippen MR) is 131 cm³/mol. The van der Waals surface area contributed by atoms with Crippen molar-refractivity contribution in [2.75, 3.05) is 26.2 Å². The Morgan fingerprint density at radius 1 is 1.27 bits per heavy atom. The molecule has 4 heterocycles. The molecule has 0 saturated carbocycles. The van der Waals surface area contributed by atoms with Crippen LogP contribution in [0.25, 0.3) is 21.6 Å². The highest BCUT2D eigenvalue weighted by molar-refractivity contribution is 7.13. The molecule has 0 atom stereocenters. The lowest BCUT2D eigenvalue weighted by atomic mass is 10.0. The van der Waals surface area contributed by atoms with E-state index in [4.69, 9.17) is 4.98 Å². The molecule has 176 valence electrons. The van der Waals surface area contributed by atoms with Crippen LogP contribution >= 0.6 is 11.3 Å². The van der Waals surface area contributed by atoms with E-state index in [1.54, 1.807) is 17.5 Å². The summed E-state index contributed by atoms with van der Waals surface area (Å²) >= 11 is 1.61. The first kappa shape index (κ1) is 23.4. The van der Waals surface area contributed by atoms with Crippen molar-refractivity contribution < 1.29 is 9.59 Å². The molecule has 2 amide bonds. The summed E-state index contributed by atoms with van der Waals surface area (Å²) in [6, 6.07) is 6.11. The molecule has 3 aromatic rings. The Bertz CT molecular complexity index is 1100. The smallest absolute Gasteiger partial charge is 0.252 e. The van der Waals surface area contributed by atoms with Gasteiger partial charge in [-0.3, -0.25) is 14.5 Å². The summed E-state index contributed by atoms with van der Waals surface area (Å²) in [4.78, 5) is 33.3. The molecule has 2 N–H and O–H groups in total. The zero-order valence-corrected chi connectivity index (χ0v) is 20.3. The van der Waals surface area contributed by atoms with E-state index in [9.17, 15) is 9.59 Å². The summed E-state index contributed by atoms with van der Waals surface area (Å²) in [5, 5.41) is 13.4. The average Bonchev–Trinajstić information content (AvgIpc) is 3.48. The molecule has 1 fully saturated rings. The highest BCUT2D eigenvalue weighted by atomic mass is 32.1. The molecule has 0 spiro atoms. The number of hydrogen-bond donors (Lipinski definition) is 2. The van der Waals surface area contributed by atoms with Crippen LogP contribution in [-0.2, 0) is 4.79 Å². The Hall–Kier alpha value is -2.78. The maximum absolute atomic E-state index is 13.4.